The van der Waals surface area contributed by atoms with Crippen molar-refractivity contribution in [3.8, 4) is 17.3 Å². The molecule has 4 N–H and O–H groups in total. The van der Waals surface area contributed by atoms with E-state index in [1.165, 1.54) is 24.3 Å². The van der Waals surface area contributed by atoms with Gasteiger partial charge in [0.05, 0.1) is 11.3 Å². The SMILES string of the molecule is O=C(O)CCc1c(O)n(-c2ccc(O)cc2)[nH]c1=O. The molecule has 7 nitrogen and oxygen atoms in total. The average molecular weight is 264 g/mol. The Labute approximate surface area is 107 Å². The fourth-order valence-electron chi connectivity index (χ4n) is 1.70. The summed E-state index contributed by atoms with van der Waals surface area (Å²) in [6.45, 7) is 0. The minimum atomic E-state index is -1.05. The first-order valence-electron chi connectivity index (χ1n) is 5.53. The quantitative estimate of drug-likeness (QED) is 0.645. The lowest BCUT2D eigenvalue weighted by Gasteiger charge is -2.04. The summed E-state index contributed by atoms with van der Waals surface area (Å²) in [5.74, 6) is -1.31. The third kappa shape index (κ3) is 2.59. The first kappa shape index (κ1) is 12.7. The Morgan fingerprint density at radius 1 is 1.21 bits per heavy atom. The minimum Gasteiger partial charge on any atom is -0.508 e. The molecule has 7 heteroatoms. The Balaban J connectivity index is 2.38. The van der Waals surface area contributed by atoms with Crippen molar-refractivity contribution in [2.24, 2.45) is 0 Å². The summed E-state index contributed by atoms with van der Waals surface area (Å²) >= 11 is 0. The number of benzene rings is 1. The van der Waals surface area contributed by atoms with Crippen molar-refractivity contribution >= 4 is 5.97 Å². The van der Waals surface area contributed by atoms with Gasteiger partial charge in [0.25, 0.3) is 5.56 Å². The largest absolute Gasteiger partial charge is 0.508 e. The molecule has 0 aliphatic rings. The first-order valence-corrected chi connectivity index (χ1v) is 5.53. The number of nitrogens with zero attached hydrogens (tertiary/aromatic N) is 1. The van der Waals surface area contributed by atoms with E-state index in [9.17, 15) is 14.7 Å². The van der Waals surface area contributed by atoms with Gasteiger partial charge in [-0.15, -0.1) is 0 Å². The lowest BCUT2D eigenvalue weighted by Crippen LogP contribution is -2.09. The smallest absolute Gasteiger partial charge is 0.303 e. The van der Waals surface area contributed by atoms with Crippen molar-refractivity contribution in [1.82, 2.24) is 9.78 Å². The molecule has 100 valence electrons. The number of carboxylic acid groups (broad SMARTS) is 1. The van der Waals surface area contributed by atoms with Gasteiger partial charge < -0.3 is 15.3 Å². The van der Waals surface area contributed by atoms with Crippen molar-refractivity contribution in [1.29, 1.82) is 0 Å². The maximum Gasteiger partial charge on any atom is 0.303 e. The Hall–Kier alpha value is -2.70. The summed E-state index contributed by atoms with van der Waals surface area (Å²) in [5.41, 5.74) is -0.0590. The summed E-state index contributed by atoms with van der Waals surface area (Å²) in [4.78, 5) is 22.1. The molecule has 0 fully saturated rings. The van der Waals surface area contributed by atoms with E-state index in [0.29, 0.717) is 5.69 Å². The molecule has 0 atom stereocenters. The molecule has 2 rings (SSSR count). The van der Waals surface area contributed by atoms with Gasteiger partial charge in [-0.25, -0.2) is 4.68 Å². The topological polar surface area (TPSA) is 116 Å². The second kappa shape index (κ2) is 4.89. The predicted octanol–water partition coefficient (Wildman–Crippen LogP) is 0.594. The highest BCUT2D eigenvalue weighted by atomic mass is 16.4. The number of nitrogens with one attached hydrogen (secondary N) is 1. The standard InChI is InChI=1S/C12H12N2O5/c15-8-3-1-7(2-4-8)14-12(19)9(11(18)13-14)5-6-10(16)17/h1-4,15,19H,5-6H2,(H,13,18)(H,16,17). The molecule has 1 heterocycles. The van der Waals surface area contributed by atoms with E-state index in [0.717, 1.165) is 4.68 Å². The van der Waals surface area contributed by atoms with E-state index in [-0.39, 0.29) is 30.0 Å². The third-order valence-electron chi connectivity index (χ3n) is 2.67. The van der Waals surface area contributed by atoms with Gasteiger partial charge in [0.15, 0.2) is 0 Å². The molecular formula is C12H12N2O5. The number of aliphatic carboxylic acids is 1. The first-order chi connectivity index (χ1) is 8.99. The van der Waals surface area contributed by atoms with E-state index in [1.807, 2.05) is 0 Å². The minimum absolute atomic E-state index is 0.0236. The van der Waals surface area contributed by atoms with Crippen LogP contribution in [0.4, 0.5) is 0 Å². The normalized spacial score (nSPS) is 10.5. The predicted molar refractivity (Wildman–Crippen MR) is 65.7 cm³/mol. The van der Waals surface area contributed by atoms with Gasteiger partial charge in [-0.1, -0.05) is 0 Å². The van der Waals surface area contributed by atoms with Gasteiger partial charge in [-0.05, 0) is 30.7 Å². The number of phenolic OH excluding ortho intramolecular Hbond substituents is 1. The third-order valence-corrected chi connectivity index (χ3v) is 2.67. The zero-order valence-electron chi connectivity index (χ0n) is 9.83. The van der Waals surface area contributed by atoms with Gasteiger partial charge in [0.1, 0.15) is 5.75 Å². The van der Waals surface area contributed by atoms with Crippen LogP contribution in [-0.4, -0.2) is 31.1 Å². The average Bonchev–Trinajstić information content (AvgIpc) is 2.63. The number of carbonyl (C=O) groups is 1. The number of phenols is 1. The molecule has 19 heavy (non-hydrogen) atoms. The van der Waals surface area contributed by atoms with E-state index >= 15 is 0 Å². The van der Waals surface area contributed by atoms with Crippen molar-refractivity contribution in [3.63, 3.8) is 0 Å². The Morgan fingerprint density at radius 2 is 1.84 bits per heavy atom. The molecule has 0 unspecified atom stereocenters. The molecule has 0 spiro atoms. The van der Waals surface area contributed by atoms with Crippen LogP contribution >= 0.6 is 0 Å². The summed E-state index contributed by atoms with van der Waals surface area (Å²) < 4.78 is 1.14. The number of aromatic hydroxyl groups is 2. The maximum atomic E-state index is 11.6. The molecule has 0 saturated carbocycles. The van der Waals surface area contributed by atoms with Crippen LogP contribution in [0.2, 0.25) is 0 Å². The maximum absolute atomic E-state index is 11.6. The van der Waals surface area contributed by atoms with Gasteiger partial charge in [-0.3, -0.25) is 14.7 Å². The van der Waals surface area contributed by atoms with E-state index in [1.54, 1.807) is 0 Å². The number of hydrogen-bond acceptors (Lipinski definition) is 4. The highest BCUT2D eigenvalue weighted by molar-refractivity contribution is 5.67. The van der Waals surface area contributed by atoms with Crippen LogP contribution < -0.4 is 5.56 Å². The Morgan fingerprint density at radius 3 is 2.42 bits per heavy atom. The molecule has 2 aromatic rings. The Bertz CT molecular complexity index is 654. The number of aromatic nitrogens is 2. The van der Waals surface area contributed by atoms with Crippen LogP contribution in [0.15, 0.2) is 29.1 Å². The molecule has 0 bridgehead atoms. The number of carboxylic acids is 1. The fraction of sp³-hybridized carbons (Fsp3) is 0.167. The highest BCUT2D eigenvalue weighted by Gasteiger charge is 2.15. The van der Waals surface area contributed by atoms with Crippen molar-refractivity contribution in [2.45, 2.75) is 12.8 Å². The molecular weight excluding hydrogens is 252 g/mol. The summed E-state index contributed by atoms with van der Waals surface area (Å²) in [6, 6.07) is 5.83. The zero-order chi connectivity index (χ0) is 14.0. The second-order valence-electron chi connectivity index (χ2n) is 3.99. The van der Waals surface area contributed by atoms with E-state index in [2.05, 4.69) is 5.10 Å². The van der Waals surface area contributed by atoms with Gasteiger partial charge in [-0.2, -0.15) is 0 Å². The number of hydrogen-bond donors (Lipinski definition) is 4. The molecule has 0 aliphatic heterocycles. The molecule has 0 saturated heterocycles. The highest BCUT2D eigenvalue weighted by Crippen LogP contribution is 2.20. The zero-order valence-corrected chi connectivity index (χ0v) is 9.83. The molecule has 0 amide bonds. The lowest BCUT2D eigenvalue weighted by molar-refractivity contribution is -0.136. The summed E-state index contributed by atoms with van der Waals surface area (Å²) in [5, 5.41) is 30.1. The van der Waals surface area contributed by atoms with Crippen LogP contribution in [-0.2, 0) is 11.2 Å². The van der Waals surface area contributed by atoms with Crippen LogP contribution in [0, 0.1) is 0 Å². The Kier molecular flexibility index (Phi) is 3.28. The van der Waals surface area contributed by atoms with Gasteiger partial charge >= 0.3 is 5.97 Å². The van der Waals surface area contributed by atoms with Gasteiger partial charge in [0, 0.05) is 6.42 Å². The summed E-state index contributed by atoms with van der Waals surface area (Å²) in [7, 11) is 0. The number of aromatic amines is 1. The van der Waals surface area contributed by atoms with E-state index in [4.69, 9.17) is 10.2 Å². The van der Waals surface area contributed by atoms with Crippen LogP contribution in [0.1, 0.15) is 12.0 Å². The molecule has 0 aliphatic carbocycles. The number of H-pyrrole nitrogens is 1. The number of rotatable bonds is 4. The molecule has 1 aromatic carbocycles. The monoisotopic (exact) mass is 264 g/mol. The van der Waals surface area contributed by atoms with Crippen LogP contribution in [0.5, 0.6) is 11.6 Å². The molecule has 1 aromatic heterocycles. The van der Waals surface area contributed by atoms with Crippen molar-refractivity contribution in [2.75, 3.05) is 0 Å². The van der Waals surface area contributed by atoms with Gasteiger partial charge in [0.2, 0.25) is 5.88 Å². The van der Waals surface area contributed by atoms with Crippen molar-refractivity contribution in [3.05, 3.63) is 40.2 Å². The summed E-state index contributed by atoms with van der Waals surface area (Å²) in [6.07, 6.45) is -0.294. The molecule has 0 radical (unpaired) electrons. The van der Waals surface area contributed by atoms with Crippen molar-refractivity contribution < 1.29 is 20.1 Å². The second-order valence-corrected chi connectivity index (χ2v) is 3.99. The van der Waals surface area contributed by atoms with Crippen LogP contribution in [0.25, 0.3) is 5.69 Å². The van der Waals surface area contributed by atoms with E-state index < -0.39 is 11.5 Å². The lowest BCUT2D eigenvalue weighted by atomic mass is 10.2. The van der Waals surface area contributed by atoms with Crippen LogP contribution in [0.3, 0.4) is 0 Å². The fourth-order valence-corrected chi connectivity index (χ4v) is 1.70.